The number of anilines is 1. The molecule has 0 aliphatic heterocycles. The van der Waals surface area contributed by atoms with E-state index in [4.69, 9.17) is 23.1 Å². The molecule has 4 N–H and O–H groups in total. The monoisotopic (exact) mass is 228 g/mol. The molecule has 2 nitrogen and oxygen atoms in total. The van der Waals surface area contributed by atoms with Gasteiger partial charge >= 0.3 is 0 Å². The lowest BCUT2D eigenvalue weighted by molar-refractivity contribution is 1.25. The van der Waals surface area contributed by atoms with Gasteiger partial charge in [0.2, 0.25) is 0 Å². The molecule has 1 aromatic rings. The van der Waals surface area contributed by atoms with E-state index in [0.717, 1.165) is 16.3 Å². The molecule has 0 aromatic heterocycles. The van der Waals surface area contributed by atoms with Crippen molar-refractivity contribution < 1.29 is 0 Å². The van der Waals surface area contributed by atoms with Gasteiger partial charge in [-0.25, -0.2) is 0 Å². The SMILES string of the molecule is NCC=CCSc1cc(Cl)ccc1N. The summed E-state index contributed by atoms with van der Waals surface area (Å²) in [5.74, 6) is 0.863. The third-order valence-corrected chi connectivity index (χ3v) is 2.87. The second-order valence-corrected chi connectivity index (χ2v) is 4.20. The largest absolute Gasteiger partial charge is 0.398 e. The van der Waals surface area contributed by atoms with Crippen LogP contribution in [0.2, 0.25) is 5.02 Å². The van der Waals surface area contributed by atoms with Gasteiger partial charge in [0.25, 0.3) is 0 Å². The summed E-state index contributed by atoms with van der Waals surface area (Å²) < 4.78 is 0. The molecule has 14 heavy (non-hydrogen) atoms. The van der Waals surface area contributed by atoms with E-state index in [1.807, 2.05) is 24.3 Å². The van der Waals surface area contributed by atoms with Crippen LogP contribution in [0.15, 0.2) is 35.2 Å². The molecular formula is C10H13ClN2S. The molecule has 0 saturated carbocycles. The normalized spacial score (nSPS) is 11.0. The summed E-state index contributed by atoms with van der Waals surface area (Å²) in [6.07, 6.45) is 3.94. The van der Waals surface area contributed by atoms with Crippen molar-refractivity contribution in [1.29, 1.82) is 0 Å². The Morgan fingerprint density at radius 2 is 2.14 bits per heavy atom. The highest BCUT2D eigenvalue weighted by molar-refractivity contribution is 7.99. The van der Waals surface area contributed by atoms with Crippen molar-refractivity contribution in [3.63, 3.8) is 0 Å². The average molecular weight is 229 g/mol. The highest BCUT2D eigenvalue weighted by Gasteiger charge is 1.99. The van der Waals surface area contributed by atoms with Gasteiger partial charge in [-0.15, -0.1) is 11.8 Å². The van der Waals surface area contributed by atoms with Crippen LogP contribution in [0.3, 0.4) is 0 Å². The average Bonchev–Trinajstić information content (AvgIpc) is 2.18. The Balaban J connectivity index is 2.57. The van der Waals surface area contributed by atoms with Crippen LogP contribution < -0.4 is 11.5 Å². The lowest BCUT2D eigenvalue weighted by Gasteiger charge is -2.03. The number of thioether (sulfide) groups is 1. The van der Waals surface area contributed by atoms with Crippen molar-refractivity contribution in [1.82, 2.24) is 0 Å². The lowest BCUT2D eigenvalue weighted by atomic mass is 10.3. The summed E-state index contributed by atoms with van der Waals surface area (Å²) in [5, 5.41) is 0.713. The molecule has 0 radical (unpaired) electrons. The van der Waals surface area contributed by atoms with Crippen LogP contribution in [0.25, 0.3) is 0 Å². The first-order valence-corrected chi connectivity index (χ1v) is 5.63. The predicted molar refractivity (Wildman–Crippen MR) is 64.8 cm³/mol. The van der Waals surface area contributed by atoms with Gasteiger partial charge in [-0.05, 0) is 18.2 Å². The molecule has 0 saturated heterocycles. The molecule has 0 spiro atoms. The van der Waals surface area contributed by atoms with Crippen molar-refractivity contribution in [3.8, 4) is 0 Å². The van der Waals surface area contributed by atoms with Gasteiger partial charge < -0.3 is 11.5 Å². The second-order valence-electron chi connectivity index (χ2n) is 2.70. The number of hydrogen-bond donors (Lipinski definition) is 2. The van der Waals surface area contributed by atoms with Gasteiger partial charge in [0.05, 0.1) is 0 Å². The highest BCUT2D eigenvalue weighted by atomic mass is 35.5. The van der Waals surface area contributed by atoms with Crippen molar-refractivity contribution in [3.05, 3.63) is 35.4 Å². The smallest absolute Gasteiger partial charge is 0.0453 e. The number of benzene rings is 1. The molecule has 0 heterocycles. The number of rotatable bonds is 4. The summed E-state index contributed by atoms with van der Waals surface area (Å²) in [6, 6.07) is 5.48. The van der Waals surface area contributed by atoms with Crippen LogP contribution in [0, 0.1) is 0 Å². The Hall–Kier alpha value is -0.640. The molecule has 0 atom stereocenters. The summed E-state index contributed by atoms with van der Waals surface area (Å²) in [5.41, 5.74) is 11.9. The molecule has 76 valence electrons. The van der Waals surface area contributed by atoms with E-state index >= 15 is 0 Å². The Labute approximate surface area is 93.3 Å². The Kier molecular flexibility index (Phi) is 4.87. The van der Waals surface area contributed by atoms with E-state index in [-0.39, 0.29) is 0 Å². The van der Waals surface area contributed by atoms with E-state index in [1.165, 1.54) is 0 Å². The molecule has 1 aromatic carbocycles. The zero-order valence-electron chi connectivity index (χ0n) is 7.74. The maximum absolute atomic E-state index is 5.85. The fourth-order valence-corrected chi connectivity index (χ4v) is 2.03. The molecule has 0 aliphatic carbocycles. The van der Waals surface area contributed by atoms with Crippen LogP contribution in [0.5, 0.6) is 0 Å². The molecule has 0 bridgehead atoms. The van der Waals surface area contributed by atoms with E-state index in [1.54, 1.807) is 17.8 Å². The van der Waals surface area contributed by atoms with Gasteiger partial charge in [-0.2, -0.15) is 0 Å². The van der Waals surface area contributed by atoms with Crippen molar-refractivity contribution in [2.75, 3.05) is 18.0 Å². The van der Waals surface area contributed by atoms with Gasteiger partial charge in [0.15, 0.2) is 0 Å². The lowest BCUT2D eigenvalue weighted by Crippen LogP contribution is -1.92. The van der Waals surface area contributed by atoms with Crippen LogP contribution >= 0.6 is 23.4 Å². The van der Waals surface area contributed by atoms with Crippen LogP contribution in [0.4, 0.5) is 5.69 Å². The summed E-state index contributed by atoms with van der Waals surface area (Å²) in [6.45, 7) is 0.575. The van der Waals surface area contributed by atoms with Crippen LogP contribution in [-0.2, 0) is 0 Å². The van der Waals surface area contributed by atoms with Crippen molar-refractivity contribution in [2.24, 2.45) is 5.73 Å². The first kappa shape index (κ1) is 11.4. The quantitative estimate of drug-likeness (QED) is 0.473. The fraction of sp³-hybridized carbons (Fsp3) is 0.200. The predicted octanol–water partition coefficient (Wildman–Crippen LogP) is 2.53. The van der Waals surface area contributed by atoms with Gasteiger partial charge in [0, 0.05) is 27.9 Å². The number of nitrogens with two attached hydrogens (primary N) is 2. The van der Waals surface area contributed by atoms with Crippen LogP contribution in [0.1, 0.15) is 0 Å². The third kappa shape index (κ3) is 3.62. The first-order valence-electron chi connectivity index (χ1n) is 4.27. The van der Waals surface area contributed by atoms with Crippen LogP contribution in [-0.4, -0.2) is 12.3 Å². The maximum Gasteiger partial charge on any atom is 0.0453 e. The van der Waals surface area contributed by atoms with E-state index in [9.17, 15) is 0 Å². The minimum absolute atomic E-state index is 0.575. The Morgan fingerprint density at radius 3 is 2.86 bits per heavy atom. The van der Waals surface area contributed by atoms with Crippen molar-refractivity contribution in [2.45, 2.75) is 4.90 Å². The summed E-state index contributed by atoms with van der Waals surface area (Å²) >= 11 is 7.50. The van der Waals surface area contributed by atoms with Gasteiger partial charge in [0.1, 0.15) is 0 Å². The number of hydrogen-bond acceptors (Lipinski definition) is 3. The summed E-state index contributed by atoms with van der Waals surface area (Å²) in [4.78, 5) is 1.01. The molecule has 0 aliphatic rings. The Morgan fingerprint density at radius 1 is 1.36 bits per heavy atom. The van der Waals surface area contributed by atoms with Gasteiger partial charge in [-0.3, -0.25) is 0 Å². The molecular weight excluding hydrogens is 216 g/mol. The molecule has 4 heteroatoms. The number of nitrogen functional groups attached to an aromatic ring is 1. The molecule has 0 fully saturated rings. The minimum atomic E-state index is 0.575. The third-order valence-electron chi connectivity index (χ3n) is 1.61. The Bertz CT molecular complexity index is 326. The van der Waals surface area contributed by atoms with Crippen molar-refractivity contribution >= 4 is 29.1 Å². The van der Waals surface area contributed by atoms with E-state index < -0.39 is 0 Å². The first-order chi connectivity index (χ1) is 6.74. The fourth-order valence-electron chi connectivity index (χ4n) is 0.935. The molecule has 0 amide bonds. The topological polar surface area (TPSA) is 52.0 Å². The van der Waals surface area contributed by atoms with E-state index in [2.05, 4.69) is 0 Å². The zero-order chi connectivity index (χ0) is 10.4. The van der Waals surface area contributed by atoms with Gasteiger partial charge in [-0.1, -0.05) is 23.8 Å². The molecule has 0 unspecified atom stereocenters. The standard InChI is InChI=1S/C10H13ClN2S/c11-8-3-4-9(13)10(7-8)14-6-2-1-5-12/h1-4,7H,5-6,12-13H2. The maximum atomic E-state index is 5.85. The minimum Gasteiger partial charge on any atom is -0.398 e. The zero-order valence-corrected chi connectivity index (χ0v) is 9.31. The molecule has 1 rings (SSSR count). The second kappa shape index (κ2) is 5.96. The number of halogens is 1. The highest BCUT2D eigenvalue weighted by Crippen LogP contribution is 2.27. The van der Waals surface area contributed by atoms with E-state index in [0.29, 0.717) is 11.6 Å². The summed E-state index contributed by atoms with van der Waals surface area (Å²) in [7, 11) is 0.